The summed E-state index contributed by atoms with van der Waals surface area (Å²) in [7, 11) is 0. The molecule has 55 heavy (non-hydrogen) atoms. The number of furan rings is 2. The first kappa shape index (κ1) is 31.9. The van der Waals surface area contributed by atoms with Gasteiger partial charge in [0.2, 0.25) is 0 Å². The lowest BCUT2D eigenvalue weighted by atomic mass is 9.80. The van der Waals surface area contributed by atoms with Crippen molar-refractivity contribution in [2.24, 2.45) is 0 Å². The third-order valence-corrected chi connectivity index (χ3v) is 11.9. The number of rotatable bonds is 6. The highest BCUT2D eigenvalue weighted by atomic mass is 16.3. The van der Waals surface area contributed by atoms with Crippen molar-refractivity contribution in [1.82, 2.24) is 0 Å². The molecule has 0 unspecified atom stereocenters. The zero-order chi connectivity index (χ0) is 36.3. The lowest BCUT2D eigenvalue weighted by Gasteiger charge is -2.30. The number of fused-ring (bicyclic) bond motifs is 7. The summed E-state index contributed by atoms with van der Waals surface area (Å²) in [6, 6.07) is 61.4. The van der Waals surface area contributed by atoms with Crippen LogP contribution in [0.1, 0.15) is 43.6 Å². The van der Waals surface area contributed by atoms with Crippen LogP contribution in [0.25, 0.3) is 76.9 Å². The summed E-state index contributed by atoms with van der Waals surface area (Å²) in [5.74, 6) is 0.578. The third-order valence-electron chi connectivity index (χ3n) is 11.9. The number of anilines is 3. The molecular weight excluding hydrogens is 671 g/mol. The van der Waals surface area contributed by atoms with Crippen molar-refractivity contribution in [2.75, 3.05) is 4.90 Å². The average molecular weight is 710 g/mol. The number of nitrogens with zero attached hydrogens (tertiary/aromatic N) is 1. The zero-order valence-corrected chi connectivity index (χ0v) is 30.5. The zero-order valence-electron chi connectivity index (χ0n) is 30.5. The lowest BCUT2D eigenvalue weighted by Crippen LogP contribution is -2.12. The van der Waals surface area contributed by atoms with Crippen LogP contribution >= 0.6 is 0 Å². The highest BCUT2D eigenvalue weighted by molar-refractivity contribution is 6.14. The molecular formula is C52H39NO2. The first-order valence-corrected chi connectivity index (χ1v) is 19.6. The number of benzene rings is 8. The van der Waals surface area contributed by atoms with Crippen LogP contribution in [0.15, 0.2) is 179 Å². The van der Waals surface area contributed by atoms with E-state index in [1.165, 1.54) is 59.6 Å². The molecule has 1 fully saturated rings. The predicted octanol–water partition coefficient (Wildman–Crippen LogP) is 15.5. The van der Waals surface area contributed by atoms with E-state index in [1.807, 2.05) is 18.2 Å². The van der Waals surface area contributed by atoms with Gasteiger partial charge in [-0.3, -0.25) is 0 Å². The van der Waals surface area contributed by atoms with Gasteiger partial charge < -0.3 is 13.7 Å². The molecule has 0 amide bonds. The van der Waals surface area contributed by atoms with Gasteiger partial charge in [-0.15, -0.1) is 0 Å². The summed E-state index contributed by atoms with van der Waals surface area (Å²) >= 11 is 0. The summed E-state index contributed by atoms with van der Waals surface area (Å²) in [6.45, 7) is 0. The van der Waals surface area contributed by atoms with Crippen LogP contribution in [-0.4, -0.2) is 0 Å². The smallest absolute Gasteiger partial charge is 0.137 e. The van der Waals surface area contributed by atoms with Crippen LogP contribution in [0.5, 0.6) is 0 Å². The molecule has 3 nitrogen and oxygen atoms in total. The van der Waals surface area contributed by atoms with Gasteiger partial charge >= 0.3 is 0 Å². The molecule has 10 aromatic rings. The van der Waals surface area contributed by atoms with Gasteiger partial charge in [-0.2, -0.15) is 0 Å². The first-order chi connectivity index (χ1) is 27.3. The number of hydrogen-bond acceptors (Lipinski definition) is 3. The van der Waals surface area contributed by atoms with Gasteiger partial charge in [0.15, 0.2) is 0 Å². The molecule has 0 saturated heterocycles. The van der Waals surface area contributed by atoms with Crippen LogP contribution in [0.2, 0.25) is 0 Å². The van der Waals surface area contributed by atoms with Crippen LogP contribution < -0.4 is 4.90 Å². The molecule has 0 aliphatic heterocycles. The van der Waals surface area contributed by atoms with Gasteiger partial charge in [0.25, 0.3) is 0 Å². The molecule has 3 heteroatoms. The van der Waals surface area contributed by atoms with Crippen LogP contribution in [0, 0.1) is 0 Å². The molecule has 264 valence electrons. The lowest BCUT2D eigenvalue weighted by molar-refractivity contribution is 0.445. The molecule has 1 aliphatic rings. The maximum absolute atomic E-state index is 6.50. The highest BCUT2D eigenvalue weighted by Crippen LogP contribution is 2.49. The molecule has 0 bridgehead atoms. The Balaban J connectivity index is 1.16. The number of para-hydroxylation sites is 3. The van der Waals surface area contributed by atoms with E-state index in [1.54, 1.807) is 0 Å². The molecule has 1 saturated carbocycles. The third kappa shape index (κ3) is 5.33. The molecule has 2 heterocycles. The van der Waals surface area contributed by atoms with Crippen molar-refractivity contribution >= 4 is 71.7 Å². The Bertz CT molecular complexity index is 3040. The number of hydrogen-bond donors (Lipinski definition) is 0. The first-order valence-electron chi connectivity index (χ1n) is 19.6. The largest absolute Gasteiger partial charge is 0.456 e. The topological polar surface area (TPSA) is 29.5 Å². The highest BCUT2D eigenvalue weighted by Gasteiger charge is 2.25. The fourth-order valence-electron chi connectivity index (χ4n) is 9.33. The minimum atomic E-state index is 0.578. The Morgan fingerprint density at radius 2 is 1.05 bits per heavy atom. The van der Waals surface area contributed by atoms with Crippen molar-refractivity contribution in [1.29, 1.82) is 0 Å². The molecule has 1 aliphatic carbocycles. The second kappa shape index (κ2) is 13.1. The average Bonchev–Trinajstić information content (AvgIpc) is 3.83. The van der Waals surface area contributed by atoms with E-state index in [0.717, 1.165) is 72.1 Å². The van der Waals surface area contributed by atoms with Crippen LogP contribution in [-0.2, 0) is 0 Å². The molecule has 2 aromatic heterocycles. The van der Waals surface area contributed by atoms with Gasteiger partial charge in [-0.1, -0.05) is 135 Å². The molecule has 11 rings (SSSR count). The fraction of sp³-hybridized carbons (Fsp3) is 0.115. The van der Waals surface area contributed by atoms with Crippen LogP contribution in [0.3, 0.4) is 0 Å². The van der Waals surface area contributed by atoms with E-state index in [-0.39, 0.29) is 0 Å². The maximum Gasteiger partial charge on any atom is 0.137 e. The molecule has 8 aromatic carbocycles. The summed E-state index contributed by atoms with van der Waals surface area (Å²) in [5.41, 5.74) is 13.1. The van der Waals surface area contributed by atoms with Gasteiger partial charge in [-0.25, -0.2) is 0 Å². The van der Waals surface area contributed by atoms with Crippen molar-refractivity contribution in [2.45, 2.75) is 38.0 Å². The summed E-state index contributed by atoms with van der Waals surface area (Å²) < 4.78 is 12.7. The van der Waals surface area contributed by atoms with E-state index < -0.39 is 0 Å². The standard InChI is InChI=1S/C52H39NO2/c1-2-14-34(15-3-1)39-23-11-16-35-17-12-24-42(51(35)39)40-20-4-7-25-45(40)53(46-26-13-29-50-52(46)43-22-6-9-28-48(43)55-50)38-19-10-18-36(32-38)37-30-31-49-44(33-37)41-21-5-8-27-47(41)54-49/h4-13,16-34H,1-3,14-15H2. The van der Waals surface area contributed by atoms with Crippen molar-refractivity contribution < 1.29 is 8.83 Å². The van der Waals surface area contributed by atoms with E-state index >= 15 is 0 Å². The molecule has 0 spiro atoms. The summed E-state index contributed by atoms with van der Waals surface area (Å²) in [6.07, 6.45) is 6.45. The van der Waals surface area contributed by atoms with Gasteiger partial charge in [0.1, 0.15) is 22.3 Å². The van der Waals surface area contributed by atoms with Crippen LogP contribution in [0.4, 0.5) is 17.1 Å². The summed E-state index contributed by atoms with van der Waals surface area (Å²) in [5, 5.41) is 7.14. The van der Waals surface area contributed by atoms with E-state index in [2.05, 4.69) is 157 Å². The van der Waals surface area contributed by atoms with Gasteiger partial charge in [0, 0.05) is 27.4 Å². The fourth-order valence-corrected chi connectivity index (χ4v) is 9.33. The van der Waals surface area contributed by atoms with E-state index in [4.69, 9.17) is 8.83 Å². The van der Waals surface area contributed by atoms with Crippen molar-refractivity contribution in [3.05, 3.63) is 175 Å². The van der Waals surface area contributed by atoms with E-state index in [9.17, 15) is 0 Å². The Labute approximate surface area is 320 Å². The molecule has 0 atom stereocenters. The van der Waals surface area contributed by atoms with Gasteiger partial charge in [0.05, 0.1) is 16.8 Å². The molecule has 0 radical (unpaired) electrons. The minimum Gasteiger partial charge on any atom is -0.456 e. The normalized spacial score (nSPS) is 13.7. The second-order valence-electron chi connectivity index (χ2n) is 15.0. The summed E-state index contributed by atoms with van der Waals surface area (Å²) in [4.78, 5) is 2.46. The SMILES string of the molecule is c1cc(-c2ccc3oc4ccccc4c3c2)cc(N(c2ccccc2-c2cccc3cccc(C4CCCCC4)c23)c2cccc3oc4ccccc4c23)c1. The second-order valence-corrected chi connectivity index (χ2v) is 15.0. The minimum absolute atomic E-state index is 0.578. The Hall–Kier alpha value is -6.58. The Kier molecular flexibility index (Phi) is 7.58. The van der Waals surface area contributed by atoms with Crippen molar-refractivity contribution in [3.63, 3.8) is 0 Å². The van der Waals surface area contributed by atoms with E-state index in [0.29, 0.717) is 5.92 Å². The molecule has 0 N–H and O–H groups in total. The van der Waals surface area contributed by atoms with Gasteiger partial charge in [-0.05, 0) is 106 Å². The Morgan fingerprint density at radius 3 is 1.95 bits per heavy atom. The quantitative estimate of drug-likeness (QED) is 0.172. The van der Waals surface area contributed by atoms with Crippen molar-refractivity contribution in [3.8, 4) is 22.3 Å². The monoisotopic (exact) mass is 709 g/mol. The Morgan fingerprint density at radius 1 is 0.418 bits per heavy atom. The maximum atomic E-state index is 6.50. The predicted molar refractivity (Wildman–Crippen MR) is 230 cm³/mol.